The molecule has 1 heterocycles. The highest BCUT2D eigenvalue weighted by Crippen LogP contribution is 2.28. The summed E-state index contributed by atoms with van der Waals surface area (Å²) in [5.74, 6) is 5.69. The number of hydrogen-bond donors (Lipinski definition) is 2. The van der Waals surface area contributed by atoms with Crippen LogP contribution in [-0.2, 0) is 0 Å². The van der Waals surface area contributed by atoms with Crippen LogP contribution in [0.15, 0.2) is 30.1 Å². The van der Waals surface area contributed by atoms with Gasteiger partial charge in [0.15, 0.2) is 0 Å². The van der Waals surface area contributed by atoms with E-state index in [0.29, 0.717) is 0 Å². The summed E-state index contributed by atoms with van der Waals surface area (Å²) in [6.45, 7) is 2.11. The minimum absolute atomic E-state index is 0.188. The average Bonchev–Trinajstić information content (AvgIpc) is 2.38. The van der Waals surface area contributed by atoms with E-state index in [9.17, 15) is 0 Å². The Hall–Kier alpha value is -1.19. The fraction of sp³-hybridized carbons (Fsp3) is 0.500. The third-order valence-electron chi connectivity index (χ3n) is 3.51. The summed E-state index contributed by atoms with van der Waals surface area (Å²) in [7, 11) is 0. The van der Waals surface area contributed by atoms with Gasteiger partial charge in [0, 0.05) is 12.4 Å². The zero-order chi connectivity index (χ0) is 12.1. The van der Waals surface area contributed by atoms with Crippen molar-refractivity contribution in [1.29, 1.82) is 0 Å². The zero-order valence-electron chi connectivity index (χ0n) is 10.4. The van der Waals surface area contributed by atoms with Gasteiger partial charge < -0.3 is 0 Å². The zero-order valence-corrected chi connectivity index (χ0v) is 10.4. The van der Waals surface area contributed by atoms with Crippen molar-refractivity contribution in [3.63, 3.8) is 0 Å². The van der Waals surface area contributed by atoms with Crippen molar-refractivity contribution in [2.24, 2.45) is 5.84 Å². The molecule has 2 rings (SSSR count). The molecule has 3 heteroatoms. The fourth-order valence-electron chi connectivity index (χ4n) is 2.45. The third-order valence-corrected chi connectivity index (χ3v) is 3.51. The highest BCUT2D eigenvalue weighted by atomic mass is 15.2. The van der Waals surface area contributed by atoms with Gasteiger partial charge in [-0.1, -0.05) is 11.6 Å². The molecule has 1 aromatic heterocycles. The Labute approximate surface area is 103 Å². The van der Waals surface area contributed by atoms with E-state index in [0.717, 1.165) is 6.42 Å². The maximum absolute atomic E-state index is 5.69. The first kappa shape index (κ1) is 12.3. The Balaban J connectivity index is 2.11. The number of nitrogens with one attached hydrogen (secondary N) is 1. The van der Waals surface area contributed by atoms with Gasteiger partial charge >= 0.3 is 0 Å². The molecule has 1 aliphatic rings. The van der Waals surface area contributed by atoms with Crippen LogP contribution in [-0.4, -0.2) is 4.98 Å². The molecule has 1 atom stereocenters. The van der Waals surface area contributed by atoms with Crippen molar-refractivity contribution in [3.05, 3.63) is 41.2 Å². The molecule has 0 radical (unpaired) electrons. The van der Waals surface area contributed by atoms with Crippen LogP contribution in [0.2, 0.25) is 0 Å². The second kappa shape index (κ2) is 5.94. The monoisotopic (exact) mass is 231 g/mol. The number of aromatic nitrogens is 1. The summed E-state index contributed by atoms with van der Waals surface area (Å²) in [5, 5.41) is 0. The van der Waals surface area contributed by atoms with Gasteiger partial charge in [-0.05, 0) is 56.2 Å². The van der Waals surface area contributed by atoms with E-state index < -0.39 is 0 Å². The van der Waals surface area contributed by atoms with E-state index in [4.69, 9.17) is 5.84 Å². The first-order valence-electron chi connectivity index (χ1n) is 6.36. The van der Waals surface area contributed by atoms with Gasteiger partial charge in [0.05, 0.1) is 6.04 Å². The van der Waals surface area contributed by atoms with Crippen molar-refractivity contribution in [2.75, 3.05) is 0 Å². The van der Waals surface area contributed by atoms with E-state index in [-0.39, 0.29) is 6.04 Å². The Morgan fingerprint density at radius 1 is 1.47 bits per heavy atom. The summed E-state index contributed by atoms with van der Waals surface area (Å²) in [6, 6.07) is 2.22. The summed E-state index contributed by atoms with van der Waals surface area (Å²) >= 11 is 0. The predicted molar refractivity (Wildman–Crippen MR) is 70.2 cm³/mol. The molecule has 92 valence electrons. The number of nitrogens with two attached hydrogens (primary N) is 1. The molecule has 0 aromatic carbocycles. The number of hydrazine groups is 1. The van der Waals surface area contributed by atoms with Crippen LogP contribution in [0.4, 0.5) is 0 Å². The lowest BCUT2D eigenvalue weighted by atomic mass is 9.91. The Morgan fingerprint density at radius 3 is 3.00 bits per heavy atom. The van der Waals surface area contributed by atoms with Gasteiger partial charge in [-0.3, -0.25) is 16.3 Å². The van der Waals surface area contributed by atoms with Crippen LogP contribution in [0.3, 0.4) is 0 Å². The molecule has 0 fully saturated rings. The van der Waals surface area contributed by atoms with E-state index in [2.05, 4.69) is 23.4 Å². The molecule has 1 aromatic rings. The summed E-state index contributed by atoms with van der Waals surface area (Å²) in [5.41, 5.74) is 6.91. The van der Waals surface area contributed by atoms with Gasteiger partial charge in [0.1, 0.15) is 0 Å². The Kier molecular flexibility index (Phi) is 4.29. The van der Waals surface area contributed by atoms with Gasteiger partial charge in [-0.25, -0.2) is 0 Å². The molecular weight excluding hydrogens is 210 g/mol. The van der Waals surface area contributed by atoms with Crippen LogP contribution in [0.5, 0.6) is 0 Å². The molecule has 0 amide bonds. The molecule has 3 nitrogen and oxygen atoms in total. The van der Waals surface area contributed by atoms with Crippen LogP contribution in [0.1, 0.15) is 49.3 Å². The number of nitrogens with zero attached hydrogens (tertiary/aromatic N) is 1. The largest absolute Gasteiger partial charge is 0.271 e. The van der Waals surface area contributed by atoms with Crippen LogP contribution in [0, 0.1) is 6.92 Å². The maximum atomic E-state index is 5.69. The molecule has 0 bridgehead atoms. The molecule has 0 aliphatic heterocycles. The summed E-state index contributed by atoms with van der Waals surface area (Å²) in [6.07, 6.45) is 12.2. The standard InChI is InChI=1S/C14H21N3/c1-11-7-8-16-10-13(11)14(17-15)9-12-5-3-2-4-6-12/h5,7-8,10,14,17H,2-4,6,9,15H2,1H3. The SMILES string of the molecule is Cc1ccncc1C(CC1=CCCCC1)NN. The molecular formula is C14H21N3. The smallest absolute Gasteiger partial charge is 0.0514 e. The van der Waals surface area contributed by atoms with Crippen molar-refractivity contribution in [1.82, 2.24) is 10.4 Å². The summed E-state index contributed by atoms with van der Waals surface area (Å²) < 4.78 is 0. The van der Waals surface area contributed by atoms with E-state index in [1.165, 1.54) is 42.4 Å². The number of aryl methyl sites for hydroxylation is 1. The van der Waals surface area contributed by atoms with Gasteiger partial charge in [0.25, 0.3) is 0 Å². The normalized spacial score (nSPS) is 17.6. The molecule has 0 saturated heterocycles. The predicted octanol–water partition coefficient (Wildman–Crippen LogP) is 2.78. The molecule has 1 aliphatic carbocycles. The van der Waals surface area contributed by atoms with E-state index >= 15 is 0 Å². The lowest BCUT2D eigenvalue weighted by Gasteiger charge is -2.21. The number of allylic oxidation sites excluding steroid dienone is 1. The molecule has 3 N–H and O–H groups in total. The number of hydrogen-bond acceptors (Lipinski definition) is 3. The van der Waals surface area contributed by atoms with Crippen LogP contribution in [0.25, 0.3) is 0 Å². The molecule has 1 unspecified atom stereocenters. The molecule has 0 saturated carbocycles. The highest BCUT2D eigenvalue weighted by Gasteiger charge is 2.15. The topological polar surface area (TPSA) is 50.9 Å². The third kappa shape index (κ3) is 3.14. The molecule has 0 spiro atoms. The maximum Gasteiger partial charge on any atom is 0.0514 e. The van der Waals surface area contributed by atoms with Gasteiger partial charge in [-0.2, -0.15) is 0 Å². The minimum atomic E-state index is 0.188. The number of pyridine rings is 1. The lowest BCUT2D eigenvalue weighted by Crippen LogP contribution is -2.29. The fourth-order valence-corrected chi connectivity index (χ4v) is 2.45. The molecule has 17 heavy (non-hydrogen) atoms. The second-order valence-corrected chi connectivity index (χ2v) is 4.76. The van der Waals surface area contributed by atoms with Gasteiger partial charge in [-0.15, -0.1) is 0 Å². The van der Waals surface area contributed by atoms with Crippen LogP contribution < -0.4 is 11.3 Å². The Morgan fingerprint density at radius 2 is 2.35 bits per heavy atom. The number of rotatable bonds is 4. The van der Waals surface area contributed by atoms with Crippen molar-refractivity contribution >= 4 is 0 Å². The first-order valence-corrected chi connectivity index (χ1v) is 6.36. The quantitative estimate of drug-likeness (QED) is 0.476. The average molecular weight is 231 g/mol. The minimum Gasteiger partial charge on any atom is -0.271 e. The highest BCUT2D eigenvalue weighted by molar-refractivity contribution is 5.26. The van der Waals surface area contributed by atoms with Crippen molar-refractivity contribution in [3.8, 4) is 0 Å². The van der Waals surface area contributed by atoms with E-state index in [1.807, 2.05) is 18.5 Å². The second-order valence-electron chi connectivity index (χ2n) is 4.76. The van der Waals surface area contributed by atoms with Gasteiger partial charge in [0.2, 0.25) is 0 Å². The first-order chi connectivity index (χ1) is 8.31. The van der Waals surface area contributed by atoms with Crippen molar-refractivity contribution < 1.29 is 0 Å². The van der Waals surface area contributed by atoms with E-state index in [1.54, 1.807) is 0 Å². The summed E-state index contributed by atoms with van der Waals surface area (Å²) in [4.78, 5) is 4.19. The van der Waals surface area contributed by atoms with Crippen LogP contribution >= 0.6 is 0 Å². The Bertz CT molecular complexity index is 398. The van der Waals surface area contributed by atoms with Crippen molar-refractivity contribution in [2.45, 2.75) is 45.1 Å². The lowest BCUT2D eigenvalue weighted by molar-refractivity contribution is 0.525.